The molecule has 2 aromatic carbocycles. The Morgan fingerprint density at radius 2 is 2.04 bits per heavy atom. The van der Waals surface area contributed by atoms with Crippen LogP contribution >= 0.6 is 11.8 Å². The number of unbranched alkanes of at least 4 members (excludes halogenated alkanes) is 1. The number of anilines is 1. The van der Waals surface area contributed by atoms with Gasteiger partial charge in [-0.3, -0.25) is 0 Å². The molecule has 1 N–H and O–H groups in total. The van der Waals surface area contributed by atoms with Gasteiger partial charge in [-0.15, -0.1) is 11.8 Å². The van der Waals surface area contributed by atoms with Gasteiger partial charge in [0.2, 0.25) is 0 Å². The van der Waals surface area contributed by atoms with Crippen molar-refractivity contribution in [1.29, 1.82) is 0 Å². The van der Waals surface area contributed by atoms with E-state index >= 15 is 0 Å². The van der Waals surface area contributed by atoms with E-state index in [2.05, 4.69) is 65.3 Å². The lowest BCUT2D eigenvalue weighted by Crippen LogP contribution is -2.44. The average Bonchev–Trinajstić information content (AvgIpc) is 2.88. The molecule has 3 aliphatic heterocycles. The van der Waals surface area contributed by atoms with Gasteiger partial charge in [0.05, 0.1) is 5.69 Å². The number of aryl methyl sites for hydroxylation is 1. The first-order valence-corrected chi connectivity index (χ1v) is 11.7. The fraction of sp³-hybridized carbons (Fsp3) is 0.500. The molecule has 3 aliphatic rings. The summed E-state index contributed by atoms with van der Waals surface area (Å²) in [5.74, 6) is 1.91. The first kappa shape index (κ1) is 17.6. The first-order valence-electron chi connectivity index (χ1n) is 10.7. The molecule has 3 heteroatoms. The van der Waals surface area contributed by atoms with E-state index in [-0.39, 0.29) is 0 Å². The molecule has 1 saturated heterocycles. The van der Waals surface area contributed by atoms with Crippen LogP contribution in [-0.2, 0) is 6.42 Å². The molecule has 1 fully saturated rings. The molecule has 5 rings (SSSR count). The number of thioether (sulfide) groups is 1. The standard InChI is InChI=1S/C24H30N2S/c1-2-3-5-17-6-8-18(9-7-17)19-14-20-21-16-25-11-10-22(21)26-12-4-13-27-23(15-19)24(20)26/h6-9,14-15,21-22,25H,2-5,10-13,16H2,1H3/t21-,22-/m0/s1. The summed E-state index contributed by atoms with van der Waals surface area (Å²) in [6.45, 7) is 5.80. The fourth-order valence-electron chi connectivity index (χ4n) is 5.14. The molecule has 0 bridgehead atoms. The van der Waals surface area contributed by atoms with Gasteiger partial charge >= 0.3 is 0 Å². The summed E-state index contributed by atoms with van der Waals surface area (Å²) in [6.07, 6.45) is 6.33. The van der Waals surface area contributed by atoms with Crippen LogP contribution in [0.1, 0.15) is 49.7 Å². The number of fused-ring (bicyclic) bond motifs is 3. The molecule has 2 aromatic rings. The summed E-state index contributed by atoms with van der Waals surface area (Å²) in [5, 5.41) is 3.65. The molecule has 3 heterocycles. The van der Waals surface area contributed by atoms with Crippen molar-refractivity contribution in [3.63, 3.8) is 0 Å². The third kappa shape index (κ3) is 3.19. The highest BCUT2D eigenvalue weighted by Crippen LogP contribution is 2.51. The Morgan fingerprint density at radius 3 is 2.89 bits per heavy atom. The minimum atomic E-state index is 0.662. The number of piperidine rings is 1. The quantitative estimate of drug-likeness (QED) is 0.761. The zero-order valence-corrected chi connectivity index (χ0v) is 17.2. The predicted octanol–water partition coefficient (Wildman–Crippen LogP) is 5.46. The van der Waals surface area contributed by atoms with Crippen LogP contribution in [0.15, 0.2) is 41.3 Å². The van der Waals surface area contributed by atoms with Gasteiger partial charge in [-0.2, -0.15) is 0 Å². The second kappa shape index (κ2) is 7.52. The van der Waals surface area contributed by atoms with Crippen molar-refractivity contribution >= 4 is 17.4 Å². The highest BCUT2D eigenvalue weighted by Gasteiger charge is 2.41. The van der Waals surface area contributed by atoms with Gasteiger partial charge in [-0.1, -0.05) is 37.6 Å². The van der Waals surface area contributed by atoms with E-state index in [1.54, 1.807) is 11.3 Å². The van der Waals surface area contributed by atoms with Crippen molar-refractivity contribution in [2.24, 2.45) is 0 Å². The molecule has 0 radical (unpaired) electrons. The Bertz CT molecular complexity index is 814. The van der Waals surface area contributed by atoms with Crippen molar-refractivity contribution in [3.05, 3.63) is 47.5 Å². The Labute approximate surface area is 167 Å². The first-order chi connectivity index (χ1) is 13.3. The molecule has 2 nitrogen and oxygen atoms in total. The fourth-order valence-corrected chi connectivity index (χ4v) is 6.21. The van der Waals surface area contributed by atoms with E-state index in [0.717, 1.165) is 6.54 Å². The minimum Gasteiger partial charge on any atom is -0.367 e. The second-order valence-electron chi connectivity index (χ2n) is 8.27. The Morgan fingerprint density at radius 1 is 1.15 bits per heavy atom. The largest absolute Gasteiger partial charge is 0.367 e. The van der Waals surface area contributed by atoms with Crippen molar-refractivity contribution in [2.45, 2.75) is 55.9 Å². The second-order valence-corrected chi connectivity index (χ2v) is 9.41. The van der Waals surface area contributed by atoms with E-state index in [1.165, 1.54) is 72.5 Å². The molecule has 27 heavy (non-hydrogen) atoms. The van der Waals surface area contributed by atoms with E-state index < -0.39 is 0 Å². The lowest BCUT2D eigenvalue weighted by atomic mass is 9.88. The van der Waals surface area contributed by atoms with E-state index in [0.29, 0.717) is 12.0 Å². The Balaban J connectivity index is 1.54. The highest BCUT2D eigenvalue weighted by molar-refractivity contribution is 7.99. The smallest absolute Gasteiger partial charge is 0.0544 e. The molecule has 0 aromatic heterocycles. The van der Waals surface area contributed by atoms with Crippen molar-refractivity contribution in [3.8, 4) is 11.1 Å². The Kier molecular flexibility index (Phi) is 4.91. The molecule has 0 saturated carbocycles. The summed E-state index contributed by atoms with van der Waals surface area (Å²) in [6, 6.07) is 15.0. The summed E-state index contributed by atoms with van der Waals surface area (Å²) < 4.78 is 0. The topological polar surface area (TPSA) is 15.3 Å². The van der Waals surface area contributed by atoms with Gasteiger partial charge in [0.1, 0.15) is 0 Å². The lowest BCUT2D eigenvalue weighted by molar-refractivity contribution is 0.403. The molecule has 0 amide bonds. The number of hydrogen-bond donors (Lipinski definition) is 1. The van der Waals surface area contributed by atoms with Crippen molar-refractivity contribution < 1.29 is 0 Å². The van der Waals surface area contributed by atoms with Crippen LogP contribution in [0.25, 0.3) is 11.1 Å². The number of hydrogen-bond acceptors (Lipinski definition) is 3. The number of benzene rings is 2. The molecular formula is C24H30N2S. The van der Waals surface area contributed by atoms with Crippen LogP contribution in [0.4, 0.5) is 5.69 Å². The summed E-state index contributed by atoms with van der Waals surface area (Å²) in [4.78, 5) is 4.28. The number of rotatable bonds is 4. The van der Waals surface area contributed by atoms with E-state index in [1.807, 2.05) is 0 Å². The van der Waals surface area contributed by atoms with Gasteiger partial charge in [0.25, 0.3) is 0 Å². The molecule has 142 valence electrons. The third-order valence-corrected chi connectivity index (χ3v) is 7.66. The maximum Gasteiger partial charge on any atom is 0.0544 e. The van der Waals surface area contributed by atoms with Gasteiger partial charge in [0.15, 0.2) is 0 Å². The summed E-state index contributed by atoms with van der Waals surface area (Å²) in [5.41, 5.74) is 7.42. The van der Waals surface area contributed by atoms with Gasteiger partial charge in [0, 0.05) is 29.9 Å². The maximum atomic E-state index is 3.65. The van der Waals surface area contributed by atoms with Crippen molar-refractivity contribution in [1.82, 2.24) is 5.32 Å². The van der Waals surface area contributed by atoms with Crippen LogP contribution in [0.2, 0.25) is 0 Å². The van der Waals surface area contributed by atoms with E-state index in [9.17, 15) is 0 Å². The molecule has 0 spiro atoms. The predicted molar refractivity (Wildman–Crippen MR) is 117 cm³/mol. The monoisotopic (exact) mass is 378 g/mol. The molecule has 0 aliphatic carbocycles. The summed E-state index contributed by atoms with van der Waals surface area (Å²) in [7, 11) is 0. The SMILES string of the molecule is CCCCc1ccc(-c2cc3c4c(c2)[C@@H]2CNCC[C@@H]2N4CCCS3)cc1. The third-order valence-electron chi connectivity index (χ3n) is 6.54. The average molecular weight is 379 g/mol. The highest BCUT2D eigenvalue weighted by atomic mass is 32.2. The van der Waals surface area contributed by atoms with Crippen LogP contribution in [0, 0.1) is 0 Å². The van der Waals surface area contributed by atoms with Crippen LogP contribution < -0.4 is 10.2 Å². The minimum absolute atomic E-state index is 0.662. The summed E-state index contributed by atoms with van der Waals surface area (Å²) >= 11 is 2.07. The van der Waals surface area contributed by atoms with Crippen LogP contribution in [-0.4, -0.2) is 31.4 Å². The lowest BCUT2D eigenvalue weighted by Gasteiger charge is -2.33. The Hall–Kier alpha value is -1.45. The maximum absolute atomic E-state index is 3.65. The van der Waals surface area contributed by atoms with Gasteiger partial charge < -0.3 is 10.2 Å². The zero-order valence-electron chi connectivity index (χ0n) is 16.3. The number of nitrogens with zero attached hydrogens (tertiary/aromatic N) is 1. The normalized spacial score (nSPS) is 23.7. The van der Waals surface area contributed by atoms with Gasteiger partial charge in [-0.25, -0.2) is 0 Å². The van der Waals surface area contributed by atoms with Gasteiger partial charge in [-0.05, 0) is 72.4 Å². The molecular weight excluding hydrogens is 348 g/mol. The van der Waals surface area contributed by atoms with Crippen molar-refractivity contribution in [2.75, 3.05) is 30.3 Å². The number of nitrogens with one attached hydrogen (secondary N) is 1. The van der Waals surface area contributed by atoms with Crippen LogP contribution in [0.5, 0.6) is 0 Å². The van der Waals surface area contributed by atoms with E-state index in [4.69, 9.17) is 0 Å². The van der Waals surface area contributed by atoms with Crippen LogP contribution in [0.3, 0.4) is 0 Å². The molecule has 2 atom stereocenters. The molecule has 0 unspecified atom stereocenters. The zero-order chi connectivity index (χ0) is 18.2.